The second-order valence-electron chi connectivity index (χ2n) is 5.54. The lowest BCUT2D eigenvalue weighted by atomic mass is 9.92. The summed E-state index contributed by atoms with van der Waals surface area (Å²) >= 11 is 0. The number of carbonyl (C=O) groups excluding carboxylic acids is 2. The van der Waals surface area contributed by atoms with Crippen molar-refractivity contribution in [2.45, 2.75) is 44.3 Å². The number of carbonyl (C=O) groups is 2. The Balaban J connectivity index is 1.65. The zero-order valence-electron chi connectivity index (χ0n) is 12.7. The van der Waals surface area contributed by atoms with Crippen molar-refractivity contribution in [1.82, 2.24) is 0 Å². The first-order chi connectivity index (χ1) is 10.8. The Morgan fingerprint density at radius 2 is 1.73 bits per heavy atom. The third-order valence-electron chi connectivity index (χ3n) is 4.08. The van der Waals surface area contributed by atoms with Crippen LogP contribution in [0.2, 0.25) is 0 Å². The Kier molecular flexibility index (Phi) is 7.45. The van der Waals surface area contributed by atoms with Crippen LogP contribution in [0.1, 0.15) is 32.1 Å². The van der Waals surface area contributed by atoms with Crippen molar-refractivity contribution in [1.29, 1.82) is 0 Å². The van der Waals surface area contributed by atoms with Crippen LogP contribution in [-0.2, 0) is 28.5 Å². The van der Waals surface area contributed by atoms with E-state index in [2.05, 4.69) is 0 Å². The molecule has 2 fully saturated rings. The van der Waals surface area contributed by atoms with E-state index in [9.17, 15) is 9.59 Å². The molecule has 22 heavy (non-hydrogen) atoms. The van der Waals surface area contributed by atoms with Crippen molar-refractivity contribution in [3.8, 4) is 0 Å². The van der Waals surface area contributed by atoms with Crippen LogP contribution in [0, 0.1) is 5.92 Å². The number of hydrogen-bond acceptors (Lipinski definition) is 7. The molecular formula is C15H24O7. The van der Waals surface area contributed by atoms with E-state index in [1.165, 1.54) is 0 Å². The van der Waals surface area contributed by atoms with Crippen molar-refractivity contribution < 1.29 is 33.3 Å². The summed E-state index contributed by atoms with van der Waals surface area (Å²) in [7, 11) is 0. The zero-order valence-corrected chi connectivity index (χ0v) is 12.7. The molecule has 0 radical (unpaired) electrons. The molecular weight excluding hydrogens is 292 g/mol. The Hall–Kier alpha value is -1.34. The van der Waals surface area contributed by atoms with E-state index in [-0.39, 0.29) is 24.7 Å². The molecule has 1 atom stereocenters. The lowest BCUT2D eigenvalue weighted by molar-refractivity contribution is -0.139. The van der Waals surface area contributed by atoms with Gasteiger partial charge >= 0.3 is 6.16 Å². The molecule has 2 heterocycles. The Bertz CT molecular complexity index is 335. The van der Waals surface area contributed by atoms with Crippen molar-refractivity contribution in [3.63, 3.8) is 0 Å². The Morgan fingerprint density at radius 3 is 2.36 bits per heavy atom. The fourth-order valence-electron chi connectivity index (χ4n) is 2.80. The van der Waals surface area contributed by atoms with E-state index >= 15 is 0 Å². The van der Waals surface area contributed by atoms with Gasteiger partial charge in [-0.3, -0.25) is 4.79 Å². The molecule has 2 aliphatic heterocycles. The van der Waals surface area contributed by atoms with E-state index in [4.69, 9.17) is 23.7 Å². The molecule has 0 bridgehead atoms. The lowest BCUT2D eigenvalue weighted by Crippen LogP contribution is -2.31. The molecule has 0 spiro atoms. The minimum atomic E-state index is -0.663. The average Bonchev–Trinajstić information content (AvgIpc) is 2.56. The van der Waals surface area contributed by atoms with Crippen LogP contribution in [0.15, 0.2) is 0 Å². The summed E-state index contributed by atoms with van der Waals surface area (Å²) in [5.74, 6) is 0.258. The number of ether oxygens (including phenoxy) is 5. The first-order valence-corrected chi connectivity index (χ1v) is 7.87. The molecule has 0 aromatic heterocycles. The van der Waals surface area contributed by atoms with E-state index in [1.807, 2.05) is 0 Å². The van der Waals surface area contributed by atoms with Crippen LogP contribution < -0.4 is 0 Å². The highest BCUT2D eigenvalue weighted by atomic mass is 16.7. The van der Waals surface area contributed by atoms with Gasteiger partial charge in [0.05, 0.1) is 19.8 Å². The maximum atomic E-state index is 11.6. The average molecular weight is 316 g/mol. The molecule has 0 aliphatic carbocycles. The maximum Gasteiger partial charge on any atom is 0.508 e. The molecule has 126 valence electrons. The molecule has 2 saturated heterocycles. The maximum absolute atomic E-state index is 11.6. The fraction of sp³-hybridized carbons (Fsp3) is 0.867. The summed E-state index contributed by atoms with van der Waals surface area (Å²) in [6, 6.07) is 0. The standard InChI is InChI=1S/C15H24O7/c16-11-21-14(12-1-6-18-7-2-12)5-10-20-15(17)22-13-3-8-19-9-4-13/h11-14H,1-10H2. The van der Waals surface area contributed by atoms with Gasteiger partial charge in [0, 0.05) is 38.4 Å². The molecule has 1 unspecified atom stereocenters. The number of hydrogen-bond donors (Lipinski definition) is 0. The minimum absolute atomic E-state index is 0.126. The predicted octanol–water partition coefficient (Wildman–Crippen LogP) is 1.68. The third-order valence-corrected chi connectivity index (χ3v) is 4.08. The summed E-state index contributed by atoms with van der Waals surface area (Å²) in [4.78, 5) is 22.2. The van der Waals surface area contributed by atoms with E-state index in [1.54, 1.807) is 0 Å². The van der Waals surface area contributed by atoms with Crippen molar-refractivity contribution in [2.75, 3.05) is 33.0 Å². The topological polar surface area (TPSA) is 80.3 Å². The van der Waals surface area contributed by atoms with Crippen LogP contribution >= 0.6 is 0 Å². The van der Waals surface area contributed by atoms with Crippen LogP contribution in [0.4, 0.5) is 4.79 Å². The fourth-order valence-corrected chi connectivity index (χ4v) is 2.80. The van der Waals surface area contributed by atoms with Crippen LogP contribution in [0.5, 0.6) is 0 Å². The molecule has 0 aromatic rings. The summed E-state index contributed by atoms with van der Waals surface area (Å²) in [6.07, 6.45) is 2.56. The molecule has 7 heteroatoms. The van der Waals surface area contributed by atoms with Gasteiger partial charge in [0.15, 0.2) is 0 Å². The normalized spacial score (nSPS) is 21.8. The third kappa shape index (κ3) is 5.81. The van der Waals surface area contributed by atoms with Gasteiger partial charge in [-0.25, -0.2) is 4.79 Å². The van der Waals surface area contributed by atoms with E-state index < -0.39 is 6.16 Å². The molecule has 0 aromatic carbocycles. The van der Waals surface area contributed by atoms with Gasteiger partial charge in [0.2, 0.25) is 0 Å². The van der Waals surface area contributed by atoms with Gasteiger partial charge in [0.1, 0.15) is 12.2 Å². The van der Waals surface area contributed by atoms with Gasteiger partial charge in [0.25, 0.3) is 6.47 Å². The molecule has 7 nitrogen and oxygen atoms in total. The Morgan fingerprint density at radius 1 is 1.09 bits per heavy atom. The first-order valence-electron chi connectivity index (χ1n) is 7.87. The van der Waals surface area contributed by atoms with E-state index in [0.29, 0.717) is 52.2 Å². The van der Waals surface area contributed by atoms with Gasteiger partial charge in [-0.2, -0.15) is 0 Å². The summed E-state index contributed by atoms with van der Waals surface area (Å²) in [5, 5.41) is 0. The SMILES string of the molecule is O=COC(CCOC(=O)OC1CCOCC1)C1CCOCC1. The molecule has 0 amide bonds. The molecule has 2 rings (SSSR count). The zero-order chi connectivity index (χ0) is 15.6. The second-order valence-corrected chi connectivity index (χ2v) is 5.54. The predicted molar refractivity (Wildman–Crippen MR) is 75.4 cm³/mol. The quantitative estimate of drug-likeness (QED) is 0.522. The highest BCUT2D eigenvalue weighted by Crippen LogP contribution is 2.23. The lowest BCUT2D eigenvalue weighted by Gasteiger charge is -2.28. The van der Waals surface area contributed by atoms with Crippen molar-refractivity contribution in [2.24, 2.45) is 5.92 Å². The highest BCUT2D eigenvalue weighted by Gasteiger charge is 2.26. The Labute approximate surface area is 130 Å². The van der Waals surface area contributed by atoms with Gasteiger partial charge < -0.3 is 23.7 Å². The van der Waals surface area contributed by atoms with Crippen LogP contribution in [-0.4, -0.2) is 57.9 Å². The second kappa shape index (κ2) is 9.63. The number of rotatable bonds is 7. The van der Waals surface area contributed by atoms with Gasteiger partial charge in [-0.15, -0.1) is 0 Å². The van der Waals surface area contributed by atoms with Crippen molar-refractivity contribution in [3.05, 3.63) is 0 Å². The first kappa shape index (κ1) is 17.0. The smallest absolute Gasteiger partial charge is 0.464 e. The van der Waals surface area contributed by atoms with E-state index in [0.717, 1.165) is 12.8 Å². The summed E-state index contributed by atoms with van der Waals surface area (Å²) < 4.78 is 25.9. The highest BCUT2D eigenvalue weighted by molar-refractivity contribution is 5.60. The molecule has 0 saturated carbocycles. The van der Waals surface area contributed by atoms with Crippen LogP contribution in [0.3, 0.4) is 0 Å². The van der Waals surface area contributed by atoms with Gasteiger partial charge in [-0.05, 0) is 12.8 Å². The summed E-state index contributed by atoms with van der Waals surface area (Å²) in [6.45, 7) is 3.21. The monoisotopic (exact) mass is 316 g/mol. The van der Waals surface area contributed by atoms with Crippen LogP contribution in [0.25, 0.3) is 0 Å². The van der Waals surface area contributed by atoms with Gasteiger partial charge in [-0.1, -0.05) is 0 Å². The largest absolute Gasteiger partial charge is 0.508 e. The molecule has 2 aliphatic rings. The molecule has 0 N–H and O–H groups in total. The summed E-state index contributed by atoms with van der Waals surface area (Å²) in [5.41, 5.74) is 0. The minimum Gasteiger partial charge on any atom is -0.464 e. The van der Waals surface area contributed by atoms with Crippen molar-refractivity contribution >= 4 is 12.6 Å².